The van der Waals surface area contributed by atoms with Gasteiger partial charge in [0.15, 0.2) is 0 Å². The smallest absolute Gasteiger partial charge is 0.445 e. The third kappa shape index (κ3) is 2.19. The maximum absolute atomic E-state index is 12.3. The van der Waals surface area contributed by atoms with E-state index in [0.29, 0.717) is 11.3 Å². The number of halogens is 3. The Bertz CT molecular complexity index is 543. The van der Waals surface area contributed by atoms with Crippen molar-refractivity contribution >= 4 is 23.8 Å². The van der Waals surface area contributed by atoms with Gasteiger partial charge >= 0.3 is 11.9 Å². The third-order valence-corrected chi connectivity index (χ3v) is 2.79. The van der Waals surface area contributed by atoms with E-state index in [1.54, 1.807) is 5.38 Å². The van der Waals surface area contributed by atoms with Crippen LogP contribution in [0.4, 0.5) is 12.9 Å². The van der Waals surface area contributed by atoms with Crippen LogP contribution in [0.2, 0.25) is 0 Å². The zero-order valence-corrected chi connectivity index (χ0v) is 8.73. The second-order valence-corrected chi connectivity index (χ2v) is 4.10. The fraction of sp³-hybridized carbons (Fsp3) is 0. The molecule has 0 amide bonds. The minimum Gasteiger partial charge on any atom is -0.445 e. The summed E-state index contributed by atoms with van der Waals surface area (Å²) in [6.45, 7) is -4.96. The van der Waals surface area contributed by atoms with Crippen LogP contribution in [0.3, 0.4) is 0 Å². The van der Waals surface area contributed by atoms with E-state index in [-0.39, 0.29) is 4.87 Å². The lowest BCUT2D eigenvalue weighted by molar-refractivity contribution is 0.501. The molecule has 0 saturated carbocycles. The number of H-pyrrole nitrogens is 1. The second-order valence-electron chi connectivity index (χ2n) is 3.26. The minimum absolute atomic E-state index is 0.223. The Hall–Kier alpha value is -1.50. The van der Waals surface area contributed by atoms with Crippen LogP contribution in [0.1, 0.15) is 0 Å². The molecule has 84 valence electrons. The summed E-state index contributed by atoms with van der Waals surface area (Å²) >= 11 is 0.980. The first-order chi connectivity index (χ1) is 7.47. The second kappa shape index (κ2) is 3.82. The van der Waals surface area contributed by atoms with Crippen LogP contribution >= 0.6 is 11.3 Å². The van der Waals surface area contributed by atoms with Crippen molar-refractivity contribution in [3.05, 3.63) is 39.3 Å². The van der Waals surface area contributed by atoms with E-state index in [2.05, 4.69) is 4.98 Å². The van der Waals surface area contributed by atoms with Crippen molar-refractivity contribution < 1.29 is 12.9 Å². The number of aromatic amines is 1. The summed E-state index contributed by atoms with van der Waals surface area (Å²) in [7, 11) is 0. The van der Waals surface area contributed by atoms with E-state index in [1.807, 2.05) is 0 Å². The fourth-order valence-electron chi connectivity index (χ4n) is 1.30. The Morgan fingerprint density at radius 3 is 2.19 bits per heavy atom. The molecule has 0 fully saturated rings. The molecule has 0 aliphatic carbocycles. The molecule has 0 bridgehead atoms. The van der Waals surface area contributed by atoms with Crippen molar-refractivity contribution in [3.8, 4) is 11.3 Å². The molecular formula is C9H6BF3NOS-. The maximum Gasteiger partial charge on any atom is 0.509 e. The van der Waals surface area contributed by atoms with Gasteiger partial charge in [-0.2, -0.15) is 0 Å². The summed E-state index contributed by atoms with van der Waals surface area (Å²) < 4.78 is 37.0. The van der Waals surface area contributed by atoms with E-state index < -0.39 is 12.4 Å². The quantitative estimate of drug-likeness (QED) is 0.806. The van der Waals surface area contributed by atoms with Gasteiger partial charge in [0.1, 0.15) is 0 Å². The van der Waals surface area contributed by atoms with Crippen LogP contribution in [0.5, 0.6) is 0 Å². The van der Waals surface area contributed by atoms with Crippen LogP contribution in [-0.2, 0) is 0 Å². The highest BCUT2D eigenvalue weighted by Crippen LogP contribution is 2.17. The third-order valence-electron chi connectivity index (χ3n) is 2.12. The van der Waals surface area contributed by atoms with Gasteiger partial charge in [-0.05, 0) is 5.56 Å². The predicted molar refractivity (Wildman–Crippen MR) is 59.1 cm³/mol. The van der Waals surface area contributed by atoms with E-state index in [9.17, 15) is 17.7 Å². The largest absolute Gasteiger partial charge is 0.509 e. The van der Waals surface area contributed by atoms with Crippen molar-refractivity contribution in [2.24, 2.45) is 0 Å². The molecule has 1 aromatic carbocycles. The van der Waals surface area contributed by atoms with E-state index in [1.165, 1.54) is 12.1 Å². The van der Waals surface area contributed by atoms with Gasteiger partial charge in [-0.15, -0.1) is 5.46 Å². The molecule has 2 rings (SSSR count). The van der Waals surface area contributed by atoms with Crippen LogP contribution in [0.15, 0.2) is 34.4 Å². The summed E-state index contributed by atoms with van der Waals surface area (Å²) in [5, 5.41) is 1.58. The van der Waals surface area contributed by atoms with Gasteiger partial charge in [0, 0.05) is 5.38 Å². The Kier molecular flexibility index (Phi) is 2.63. The molecule has 2 nitrogen and oxygen atoms in total. The Morgan fingerprint density at radius 2 is 1.75 bits per heavy atom. The van der Waals surface area contributed by atoms with E-state index in [4.69, 9.17) is 0 Å². The average Bonchev–Trinajstić information content (AvgIpc) is 2.64. The van der Waals surface area contributed by atoms with Gasteiger partial charge in [0.25, 0.3) is 0 Å². The predicted octanol–water partition coefficient (Wildman–Crippen LogP) is 2.16. The van der Waals surface area contributed by atoms with Gasteiger partial charge in [0.2, 0.25) is 0 Å². The van der Waals surface area contributed by atoms with Crippen LogP contribution in [-0.4, -0.2) is 12.0 Å². The van der Waals surface area contributed by atoms with E-state index >= 15 is 0 Å². The van der Waals surface area contributed by atoms with Crippen molar-refractivity contribution in [2.75, 3.05) is 0 Å². The Balaban J connectivity index is 2.36. The molecule has 0 radical (unpaired) electrons. The summed E-state index contributed by atoms with van der Waals surface area (Å²) in [6, 6.07) is 4.74. The van der Waals surface area contributed by atoms with Crippen LogP contribution in [0, 0.1) is 0 Å². The molecule has 0 saturated heterocycles. The first-order valence-corrected chi connectivity index (χ1v) is 5.33. The monoisotopic (exact) mass is 244 g/mol. The highest BCUT2D eigenvalue weighted by atomic mass is 32.1. The van der Waals surface area contributed by atoms with Gasteiger partial charge in [-0.3, -0.25) is 4.79 Å². The number of aromatic nitrogens is 1. The first kappa shape index (κ1) is 11.0. The number of thiazole rings is 1. The van der Waals surface area contributed by atoms with Crippen LogP contribution < -0.4 is 10.3 Å². The molecule has 0 aliphatic rings. The minimum atomic E-state index is -4.96. The number of nitrogens with one attached hydrogen (secondary N) is 1. The van der Waals surface area contributed by atoms with Gasteiger partial charge < -0.3 is 17.9 Å². The highest BCUT2D eigenvalue weighted by molar-refractivity contribution is 7.07. The molecule has 16 heavy (non-hydrogen) atoms. The number of hydrogen-bond acceptors (Lipinski definition) is 2. The Labute approximate surface area is 92.8 Å². The zero-order valence-electron chi connectivity index (χ0n) is 7.91. The molecule has 0 aliphatic heterocycles. The molecule has 0 atom stereocenters. The lowest BCUT2D eigenvalue weighted by atomic mass is 9.80. The average molecular weight is 244 g/mol. The first-order valence-electron chi connectivity index (χ1n) is 4.45. The molecule has 1 N–H and O–H groups in total. The van der Waals surface area contributed by atoms with Crippen molar-refractivity contribution in [2.45, 2.75) is 0 Å². The SMILES string of the molecule is O=c1[nH]c(-c2ccc([B-](F)(F)F)cc2)cs1. The molecule has 0 spiro atoms. The standard InChI is InChI=1S/C9H6BF3NOS/c11-10(12,13)7-3-1-6(2-4-7)8-5-16-9(15)14-8/h1-5H,(H,14,15)/q-1. The molecule has 1 aromatic heterocycles. The van der Waals surface area contributed by atoms with Crippen molar-refractivity contribution in [1.82, 2.24) is 4.98 Å². The zero-order chi connectivity index (χ0) is 11.8. The molecule has 0 unspecified atom stereocenters. The topological polar surface area (TPSA) is 32.9 Å². The Morgan fingerprint density at radius 1 is 1.12 bits per heavy atom. The van der Waals surface area contributed by atoms with Gasteiger partial charge in [-0.25, -0.2) is 0 Å². The highest BCUT2D eigenvalue weighted by Gasteiger charge is 2.24. The number of hydrogen-bond donors (Lipinski definition) is 1. The van der Waals surface area contributed by atoms with Gasteiger partial charge in [-0.1, -0.05) is 35.6 Å². The van der Waals surface area contributed by atoms with Gasteiger partial charge in [0.05, 0.1) is 5.69 Å². The fourth-order valence-corrected chi connectivity index (χ4v) is 1.89. The molecule has 7 heteroatoms. The van der Waals surface area contributed by atoms with Crippen LogP contribution in [0.25, 0.3) is 11.3 Å². The molecular weight excluding hydrogens is 238 g/mol. The number of benzene rings is 1. The van der Waals surface area contributed by atoms with Crippen molar-refractivity contribution in [1.29, 1.82) is 0 Å². The lowest BCUT2D eigenvalue weighted by Gasteiger charge is -2.14. The summed E-state index contributed by atoms with van der Waals surface area (Å²) in [5.74, 6) is 0. The number of rotatable bonds is 2. The molecule has 1 heterocycles. The normalized spacial score (nSPS) is 11.7. The summed E-state index contributed by atoms with van der Waals surface area (Å²) in [4.78, 5) is 13.2. The maximum atomic E-state index is 12.3. The molecule has 2 aromatic rings. The van der Waals surface area contributed by atoms with E-state index in [0.717, 1.165) is 23.5 Å². The lowest BCUT2D eigenvalue weighted by Crippen LogP contribution is -2.33. The van der Waals surface area contributed by atoms with Crippen molar-refractivity contribution in [3.63, 3.8) is 0 Å². The summed E-state index contributed by atoms with van der Waals surface area (Å²) in [6.07, 6.45) is 0. The summed E-state index contributed by atoms with van der Waals surface area (Å²) in [5.41, 5.74) is 0.472.